The number of aromatic nitrogens is 5. The molecule has 1 atom stereocenters. The number of imidazole rings is 1. The van der Waals surface area contributed by atoms with Gasteiger partial charge >= 0.3 is 0 Å². The van der Waals surface area contributed by atoms with Crippen molar-refractivity contribution >= 4 is 0 Å². The molecule has 1 aliphatic rings. The fourth-order valence-electron chi connectivity index (χ4n) is 4.03. The molecule has 6 heteroatoms. The predicted molar refractivity (Wildman–Crippen MR) is 108 cm³/mol. The molecule has 0 saturated carbocycles. The lowest BCUT2D eigenvalue weighted by Gasteiger charge is -2.35. The molecule has 3 aromatic heterocycles. The number of hydrogen-bond donors (Lipinski definition) is 2. The fourth-order valence-corrected chi connectivity index (χ4v) is 4.03. The Morgan fingerprint density at radius 2 is 1.93 bits per heavy atom. The average molecular weight is 370 g/mol. The zero-order valence-electron chi connectivity index (χ0n) is 15.8. The Morgan fingerprint density at radius 3 is 2.75 bits per heavy atom. The molecule has 1 aromatic carbocycles. The van der Waals surface area contributed by atoms with Gasteiger partial charge in [0, 0.05) is 43.2 Å². The fraction of sp³-hybridized carbons (Fsp3) is 0.227. The van der Waals surface area contributed by atoms with Crippen LogP contribution in [0.4, 0.5) is 0 Å². The maximum atomic E-state index is 4.64. The summed E-state index contributed by atoms with van der Waals surface area (Å²) in [7, 11) is 0. The quantitative estimate of drug-likeness (QED) is 0.575. The Kier molecular flexibility index (Phi) is 4.25. The van der Waals surface area contributed by atoms with Gasteiger partial charge in [-0.05, 0) is 30.2 Å². The topological polar surface area (TPSA) is 73.5 Å². The van der Waals surface area contributed by atoms with E-state index in [1.54, 1.807) is 6.33 Å². The summed E-state index contributed by atoms with van der Waals surface area (Å²) in [5.74, 6) is 0. The molecule has 0 bridgehead atoms. The number of pyridine rings is 1. The highest BCUT2D eigenvalue weighted by molar-refractivity contribution is 5.62. The van der Waals surface area contributed by atoms with Gasteiger partial charge in [-0.3, -0.25) is 15.0 Å². The van der Waals surface area contributed by atoms with E-state index in [0.29, 0.717) is 0 Å². The first-order chi connectivity index (χ1) is 13.8. The van der Waals surface area contributed by atoms with Gasteiger partial charge in [-0.1, -0.05) is 29.8 Å². The third-order valence-electron chi connectivity index (χ3n) is 5.48. The first-order valence-electron chi connectivity index (χ1n) is 9.55. The van der Waals surface area contributed by atoms with Crippen molar-refractivity contribution in [2.75, 3.05) is 6.54 Å². The van der Waals surface area contributed by atoms with Crippen molar-refractivity contribution < 1.29 is 0 Å². The minimum absolute atomic E-state index is 0.110. The number of hydrogen-bond acceptors (Lipinski definition) is 4. The Balaban J connectivity index is 1.50. The number of aromatic amines is 2. The van der Waals surface area contributed by atoms with E-state index in [9.17, 15) is 0 Å². The van der Waals surface area contributed by atoms with Crippen molar-refractivity contribution in [2.45, 2.75) is 25.9 Å². The summed E-state index contributed by atoms with van der Waals surface area (Å²) in [6.45, 7) is 3.87. The molecule has 28 heavy (non-hydrogen) atoms. The van der Waals surface area contributed by atoms with Gasteiger partial charge in [-0.25, -0.2) is 4.98 Å². The monoisotopic (exact) mass is 370 g/mol. The van der Waals surface area contributed by atoms with Gasteiger partial charge in [0.2, 0.25) is 0 Å². The Morgan fingerprint density at radius 1 is 1.11 bits per heavy atom. The van der Waals surface area contributed by atoms with Crippen LogP contribution in [0.25, 0.3) is 11.3 Å². The van der Waals surface area contributed by atoms with Gasteiger partial charge in [0.1, 0.15) is 0 Å². The highest BCUT2D eigenvalue weighted by atomic mass is 15.2. The van der Waals surface area contributed by atoms with Crippen molar-refractivity contribution in [3.63, 3.8) is 0 Å². The van der Waals surface area contributed by atoms with Crippen LogP contribution in [0.3, 0.4) is 0 Å². The number of rotatable bonds is 4. The predicted octanol–water partition coefficient (Wildman–Crippen LogP) is 3.65. The van der Waals surface area contributed by atoms with Crippen molar-refractivity contribution in [3.05, 3.63) is 89.4 Å². The van der Waals surface area contributed by atoms with Crippen LogP contribution in [0, 0.1) is 6.92 Å². The number of H-pyrrole nitrogens is 2. The van der Waals surface area contributed by atoms with Crippen molar-refractivity contribution in [1.29, 1.82) is 0 Å². The van der Waals surface area contributed by atoms with E-state index >= 15 is 0 Å². The average Bonchev–Trinajstić information content (AvgIpc) is 3.38. The highest BCUT2D eigenvalue weighted by Crippen LogP contribution is 2.35. The number of nitrogens with zero attached hydrogens (tertiary/aromatic N) is 4. The summed E-state index contributed by atoms with van der Waals surface area (Å²) in [5.41, 5.74) is 8.24. The molecule has 4 aromatic rings. The second-order valence-corrected chi connectivity index (χ2v) is 7.31. The molecule has 4 heterocycles. The Bertz CT molecular complexity index is 1060. The molecule has 5 rings (SSSR count). The molecule has 0 aliphatic carbocycles. The lowest BCUT2D eigenvalue weighted by molar-refractivity contribution is 0.200. The van der Waals surface area contributed by atoms with E-state index in [2.05, 4.69) is 73.4 Å². The molecule has 6 nitrogen and oxygen atoms in total. The zero-order chi connectivity index (χ0) is 18.9. The molecule has 0 saturated heterocycles. The van der Waals surface area contributed by atoms with Crippen LogP contribution < -0.4 is 0 Å². The molecule has 140 valence electrons. The third-order valence-corrected chi connectivity index (χ3v) is 5.48. The van der Waals surface area contributed by atoms with Gasteiger partial charge < -0.3 is 4.98 Å². The lowest BCUT2D eigenvalue weighted by atomic mass is 9.95. The van der Waals surface area contributed by atoms with Crippen LogP contribution in [-0.4, -0.2) is 36.6 Å². The summed E-state index contributed by atoms with van der Waals surface area (Å²) in [4.78, 5) is 14.6. The molecule has 0 radical (unpaired) electrons. The lowest BCUT2D eigenvalue weighted by Crippen LogP contribution is -2.35. The molecule has 0 amide bonds. The smallest absolute Gasteiger partial charge is 0.0926 e. The van der Waals surface area contributed by atoms with Crippen LogP contribution in [0.2, 0.25) is 0 Å². The molecule has 2 N–H and O–H groups in total. The van der Waals surface area contributed by atoms with E-state index in [4.69, 9.17) is 0 Å². The normalized spacial score (nSPS) is 16.8. The minimum Gasteiger partial charge on any atom is -0.348 e. The number of fused-ring (bicyclic) bond motifs is 1. The maximum Gasteiger partial charge on any atom is 0.0926 e. The van der Waals surface area contributed by atoms with E-state index in [0.717, 1.165) is 36.5 Å². The van der Waals surface area contributed by atoms with E-state index in [-0.39, 0.29) is 6.04 Å². The molecular weight excluding hydrogens is 348 g/mol. The highest BCUT2D eigenvalue weighted by Gasteiger charge is 2.31. The maximum absolute atomic E-state index is 4.64. The van der Waals surface area contributed by atoms with Crippen molar-refractivity contribution in [2.24, 2.45) is 0 Å². The molecule has 1 aliphatic heterocycles. The summed E-state index contributed by atoms with van der Waals surface area (Å²) >= 11 is 0. The number of benzene rings is 1. The van der Waals surface area contributed by atoms with Gasteiger partial charge in [0.05, 0.1) is 30.0 Å². The largest absolute Gasteiger partial charge is 0.348 e. The van der Waals surface area contributed by atoms with Crippen LogP contribution in [0.1, 0.15) is 34.1 Å². The number of aryl methyl sites for hydroxylation is 1. The van der Waals surface area contributed by atoms with Crippen LogP contribution in [-0.2, 0) is 13.0 Å². The summed E-state index contributed by atoms with van der Waals surface area (Å²) in [6.07, 6.45) is 8.42. The molecule has 0 fully saturated rings. The molecular formula is C22H22N6. The van der Waals surface area contributed by atoms with Crippen LogP contribution in [0.5, 0.6) is 0 Å². The second-order valence-electron chi connectivity index (χ2n) is 7.31. The molecule has 0 unspecified atom stereocenters. The van der Waals surface area contributed by atoms with Gasteiger partial charge in [0.25, 0.3) is 0 Å². The van der Waals surface area contributed by atoms with Crippen LogP contribution >= 0.6 is 0 Å². The van der Waals surface area contributed by atoms with Crippen LogP contribution in [0.15, 0.2) is 61.3 Å². The van der Waals surface area contributed by atoms with Gasteiger partial charge in [-0.15, -0.1) is 0 Å². The summed E-state index contributed by atoms with van der Waals surface area (Å²) < 4.78 is 0. The summed E-state index contributed by atoms with van der Waals surface area (Å²) in [6, 6.07) is 12.8. The van der Waals surface area contributed by atoms with E-state index < -0.39 is 0 Å². The number of nitrogens with one attached hydrogen (secondary N) is 2. The Hall–Kier alpha value is -3.25. The third kappa shape index (κ3) is 3.01. The van der Waals surface area contributed by atoms with Crippen molar-refractivity contribution in [1.82, 2.24) is 30.0 Å². The first kappa shape index (κ1) is 16.9. The van der Waals surface area contributed by atoms with Gasteiger partial charge in [-0.2, -0.15) is 5.10 Å². The SMILES string of the molecule is Cc1ccc(-c2[nH]ncc2CN2CCc3[nH]cnc3[C@H]2c2ccncc2)cc1. The first-order valence-corrected chi connectivity index (χ1v) is 9.55. The van der Waals surface area contributed by atoms with Crippen molar-refractivity contribution in [3.8, 4) is 11.3 Å². The zero-order valence-corrected chi connectivity index (χ0v) is 15.8. The Labute approximate surface area is 163 Å². The summed E-state index contributed by atoms with van der Waals surface area (Å²) in [5, 5.41) is 7.53. The molecule has 0 spiro atoms. The van der Waals surface area contributed by atoms with E-state index in [1.807, 2.05) is 18.6 Å². The van der Waals surface area contributed by atoms with Gasteiger partial charge in [0.15, 0.2) is 0 Å². The minimum atomic E-state index is 0.110. The second kappa shape index (κ2) is 7.05. The standard InChI is InChI=1S/C22H22N6/c1-15-2-4-16(5-3-15)20-18(12-26-27-20)13-28-11-8-19-21(25-14-24-19)22(28)17-6-9-23-10-7-17/h2-7,9-10,12,14,22H,8,11,13H2,1H3,(H,24,25)(H,26,27)/t22-/m1/s1. The van der Waals surface area contributed by atoms with E-state index in [1.165, 1.54) is 22.4 Å².